The van der Waals surface area contributed by atoms with Crippen molar-refractivity contribution in [3.05, 3.63) is 36.5 Å². The second kappa shape index (κ2) is 73.5. The van der Waals surface area contributed by atoms with Gasteiger partial charge in [-0.1, -0.05) is 378 Å². The van der Waals surface area contributed by atoms with Crippen molar-refractivity contribution >= 4 is 19.8 Å². The summed E-state index contributed by atoms with van der Waals surface area (Å²) < 4.78 is 34.8. The zero-order valence-corrected chi connectivity index (χ0v) is 63.2. The fourth-order valence-electron chi connectivity index (χ4n) is 12.4. The molecule has 0 rings (SSSR count). The van der Waals surface area contributed by atoms with Crippen LogP contribution in [0.5, 0.6) is 0 Å². The molecule has 1 N–H and O–H groups in total. The third-order valence-electron chi connectivity index (χ3n) is 18.6. The first-order valence-electron chi connectivity index (χ1n) is 40.7. The van der Waals surface area contributed by atoms with Crippen molar-refractivity contribution in [2.45, 2.75) is 431 Å². The van der Waals surface area contributed by atoms with Crippen LogP contribution in [-0.2, 0) is 32.7 Å². The normalized spacial score (nSPS) is 13.2. The van der Waals surface area contributed by atoms with Crippen LogP contribution in [-0.4, -0.2) is 74.9 Å². The third kappa shape index (κ3) is 77.2. The molecule has 0 spiro atoms. The Labute approximate surface area is 573 Å². The van der Waals surface area contributed by atoms with Gasteiger partial charge in [0.15, 0.2) is 6.10 Å². The van der Waals surface area contributed by atoms with Gasteiger partial charge in [-0.25, -0.2) is 4.57 Å². The number of nitrogens with zero attached hydrogens (tertiary/aromatic N) is 1. The maximum atomic E-state index is 12.9. The fraction of sp³-hybridized carbons (Fsp3) is 0.902. The molecule has 0 saturated carbocycles. The summed E-state index contributed by atoms with van der Waals surface area (Å²) in [4.78, 5) is 36.0. The maximum absolute atomic E-state index is 12.9. The first-order valence-corrected chi connectivity index (χ1v) is 42.2. The van der Waals surface area contributed by atoms with Crippen molar-refractivity contribution in [2.24, 2.45) is 0 Å². The number of esters is 2. The van der Waals surface area contributed by atoms with Gasteiger partial charge in [0.05, 0.1) is 27.7 Å². The van der Waals surface area contributed by atoms with E-state index in [9.17, 15) is 19.0 Å². The van der Waals surface area contributed by atoms with Crippen LogP contribution in [0.25, 0.3) is 0 Å². The quantitative estimate of drug-likeness (QED) is 0.0211. The van der Waals surface area contributed by atoms with Crippen LogP contribution in [0.15, 0.2) is 36.5 Å². The number of rotatable bonds is 77. The zero-order chi connectivity index (χ0) is 66.9. The van der Waals surface area contributed by atoms with E-state index in [4.69, 9.17) is 18.5 Å². The van der Waals surface area contributed by atoms with Gasteiger partial charge in [-0.3, -0.25) is 18.6 Å². The minimum Gasteiger partial charge on any atom is -0.462 e. The number of ether oxygens (including phenoxy) is 2. The van der Waals surface area contributed by atoms with Crippen molar-refractivity contribution in [2.75, 3.05) is 47.5 Å². The number of carbonyl (C=O) groups is 2. The Balaban J connectivity index is 3.89. The van der Waals surface area contributed by atoms with Crippen molar-refractivity contribution in [3.63, 3.8) is 0 Å². The van der Waals surface area contributed by atoms with E-state index in [1.54, 1.807) is 0 Å². The number of hydrogen-bond acceptors (Lipinski definition) is 7. The Morgan fingerprint density at radius 3 is 0.870 bits per heavy atom. The Kier molecular flexibility index (Phi) is 72.1. The first-order chi connectivity index (χ1) is 45.0. The van der Waals surface area contributed by atoms with Gasteiger partial charge in [0, 0.05) is 12.8 Å². The van der Waals surface area contributed by atoms with Crippen LogP contribution < -0.4 is 0 Å². The molecule has 0 aliphatic carbocycles. The second-order valence-corrected chi connectivity index (χ2v) is 30.6. The largest absolute Gasteiger partial charge is 0.472 e. The molecular formula is C82H159NO8P+. The van der Waals surface area contributed by atoms with Crippen molar-refractivity contribution in [3.8, 4) is 0 Å². The van der Waals surface area contributed by atoms with Crippen molar-refractivity contribution in [1.82, 2.24) is 0 Å². The van der Waals surface area contributed by atoms with E-state index in [0.29, 0.717) is 23.9 Å². The maximum Gasteiger partial charge on any atom is 0.472 e. The van der Waals surface area contributed by atoms with Crippen LogP contribution in [0.3, 0.4) is 0 Å². The van der Waals surface area contributed by atoms with E-state index in [1.807, 2.05) is 21.1 Å². The monoisotopic (exact) mass is 1320 g/mol. The molecular weight excluding hydrogens is 1160 g/mol. The predicted molar refractivity (Wildman–Crippen MR) is 400 cm³/mol. The Morgan fingerprint density at radius 2 is 0.587 bits per heavy atom. The number of allylic oxidation sites excluding steroid dienone is 6. The smallest absolute Gasteiger partial charge is 0.462 e. The molecule has 0 saturated heterocycles. The standard InChI is InChI=1S/C82H158NO8P/c1-6-8-10-12-14-16-18-20-22-24-26-28-30-32-34-36-38-39-40-41-42-43-45-47-49-51-53-55-57-59-61-63-65-67-69-71-73-75-82(85)91-80(79-90-92(86,87)89-77-76-83(3,4)5)78-88-81(84)74-72-70-68-66-64-62-60-58-56-54-52-50-48-46-44-37-35-33-31-29-27-25-23-21-19-17-15-13-11-9-7-2/h18,20,24-27,80H,6-17,19,21-23,28-79H2,1-5H3/p+1/b20-18-,26-24-,27-25-. The lowest BCUT2D eigenvalue weighted by Crippen LogP contribution is -2.37. The van der Waals surface area contributed by atoms with E-state index >= 15 is 0 Å². The number of likely N-dealkylation sites (N-methyl/N-ethyl adjacent to an activating group) is 1. The number of phosphoric acid groups is 1. The van der Waals surface area contributed by atoms with Gasteiger partial charge in [0.2, 0.25) is 0 Å². The second-order valence-electron chi connectivity index (χ2n) is 29.2. The molecule has 0 aliphatic heterocycles. The molecule has 0 bridgehead atoms. The number of hydrogen-bond donors (Lipinski definition) is 1. The number of unbranched alkanes of at least 4 members (excludes halogenated alkanes) is 57. The number of phosphoric ester groups is 1. The van der Waals surface area contributed by atoms with Gasteiger partial charge >= 0.3 is 19.8 Å². The average molecular weight is 1320 g/mol. The summed E-state index contributed by atoms with van der Waals surface area (Å²) in [5.74, 6) is -0.770. The summed E-state index contributed by atoms with van der Waals surface area (Å²) in [5, 5.41) is 0. The summed E-state index contributed by atoms with van der Waals surface area (Å²) in [6.07, 6.45) is 95.9. The highest BCUT2D eigenvalue weighted by molar-refractivity contribution is 7.47. The highest BCUT2D eigenvalue weighted by atomic mass is 31.2. The zero-order valence-electron chi connectivity index (χ0n) is 62.3. The lowest BCUT2D eigenvalue weighted by Gasteiger charge is -2.24. The molecule has 0 amide bonds. The minimum absolute atomic E-state index is 0.0355. The fourth-order valence-corrected chi connectivity index (χ4v) is 13.1. The van der Waals surface area contributed by atoms with Crippen LogP contribution in [0, 0.1) is 0 Å². The van der Waals surface area contributed by atoms with E-state index in [1.165, 1.54) is 353 Å². The van der Waals surface area contributed by atoms with Gasteiger partial charge in [0.1, 0.15) is 19.8 Å². The molecule has 544 valence electrons. The summed E-state index contributed by atoms with van der Waals surface area (Å²) in [7, 11) is 1.50. The Morgan fingerprint density at radius 1 is 0.337 bits per heavy atom. The van der Waals surface area contributed by atoms with E-state index < -0.39 is 26.5 Å². The lowest BCUT2D eigenvalue weighted by atomic mass is 10.0. The molecule has 0 heterocycles. The first kappa shape index (κ1) is 90.2. The Bertz CT molecular complexity index is 1640. The highest BCUT2D eigenvalue weighted by Gasteiger charge is 2.27. The molecule has 0 aliphatic rings. The van der Waals surface area contributed by atoms with E-state index in [0.717, 1.165) is 38.5 Å². The molecule has 0 aromatic carbocycles. The third-order valence-corrected chi connectivity index (χ3v) is 19.6. The highest BCUT2D eigenvalue weighted by Crippen LogP contribution is 2.43. The van der Waals surface area contributed by atoms with Crippen molar-refractivity contribution in [1.29, 1.82) is 0 Å². The molecule has 92 heavy (non-hydrogen) atoms. The summed E-state index contributed by atoms with van der Waals surface area (Å²) in [6, 6.07) is 0. The van der Waals surface area contributed by atoms with Crippen LogP contribution in [0.4, 0.5) is 0 Å². The van der Waals surface area contributed by atoms with E-state index in [2.05, 4.69) is 50.3 Å². The van der Waals surface area contributed by atoms with Gasteiger partial charge < -0.3 is 18.9 Å². The molecule has 0 aromatic rings. The molecule has 2 atom stereocenters. The molecule has 2 unspecified atom stereocenters. The van der Waals surface area contributed by atoms with Gasteiger partial charge in [-0.2, -0.15) is 0 Å². The van der Waals surface area contributed by atoms with Gasteiger partial charge in [-0.15, -0.1) is 0 Å². The van der Waals surface area contributed by atoms with Crippen molar-refractivity contribution < 1.29 is 42.1 Å². The number of quaternary nitrogens is 1. The molecule has 10 heteroatoms. The lowest BCUT2D eigenvalue weighted by molar-refractivity contribution is -0.870. The molecule has 0 radical (unpaired) electrons. The average Bonchev–Trinajstić information content (AvgIpc) is 2.34. The molecule has 0 aromatic heterocycles. The molecule has 0 fully saturated rings. The van der Waals surface area contributed by atoms with Crippen LogP contribution in [0.1, 0.15) is 425 Å². The molecule has 9 nitrogen and oxygen atoms in total. The van der Waals surface area contributed by atoms with Crippen LogP contribution in [0.2, 0.25) is 0 Å². The van der Waals surface area contributed by atoms with Crippen LogP contribution >= 0.6 is 7.82 Å². The Hall–Kier alpha value is -1.77. The summed E-state index contributed by atoms with van der Waals surface area (Å²) >= 11 is 0. The van der Waals surface area contributed by atoms with E-state index in [-0.39, 0.29) is 25.6 Å². The topological polar surface area (TPSA) is 108 Å². The van der Waals surface area contributed by atoms with Gasteiger partial charge in [-0.05, 0) is 70.6 Å². The summed E-state index contributed by atoms with van der Waals surface area (Å²) in [6.45, 7) is 4.51. The number of carbonyl (C=O) groups excluding carboxylic acids is 2. The van der Waals surface area contributed by atoms with Gasteiger partial charge in [0.25, 0.3) is 0 Å². The summed E-state index contributed by atoms with van der Waals surface area (Å²) in [5.41, 5.74) is 0. The minimum atomic E-state index is -4.39. The SMILES string of the molecule is CCCCCCC/C=C\C/C=C\CCCCCCCCCCCCCCCCCCCCCCCCCCCC(=O)OC(COC(=O)CCCCCCCCCCCCCCCCCCCCC/C=C\CCCCCCCCCC)COP(=O)(O)OCC[N+](C)(C)C. The predicted octanol–water partition coefficient (Wildman–Crippen LogP) is 27.0.